The molecule has 0 bridgehead atoms. The Kier molecular flexibility index (Phi) is 5.86. The number of carboxylic acid groups (broad SMARTS) is 1. The standard InChI is InChI=1S/C13H13F4NO4/c1-22-9(12(20)21)6-18-11(19)10(14)7-2-4-8(5-3-7)13(15,16)17/h2-5,9-10H,6H2,1H3,(H,18,19)(H,20,21). The lowest BCUT2D eigenvalue weighted by molar-refractivity contribution is -0.148. The van der Waals surface area contributed by atoms with Crippen LogP contribution in [0.25, 0.3) is 0 Å². The summed E-state index contributed by atoms with van der Waals surface area (Å²) in [6, 6.07) is 3.00. The number of carboxylic acids is 1. The summed E-state index contributed by atoms with van der Waals surface area (Å²) in [5.41, 5.74) is -1.23. The van der Waals surface area contributed by atoms with Gasteiger partial charge < -0.3 is 15.2 Å². The number of carbonyl (C=O) groups is 2. The van der Waals surface area contributed by atoms with E-state index in [1.54, 1.807) is 0 Å². The second-order valence-corrected chi connectivity index (χ2v) is 4.29. The minimum atomic E-state index is -4.56. The maximum Gasteiger partial charge on any atom is 0.416 e. The molecule has 2 atom stereocenters. The van der Waals surface area contributed by atoms with Crippen LogP contribution in [0.5, 0.6) is 0 Å². The van der Waals surface area contributed by atoms with E-state index in [4.69, 9.17) is 5.11 Å². The summed E-state index contributed by atoms with van der Waals surface area (Å²) < 4.78 is 55.5. The lowest BCUT2D eigenvalue weighted by Crippen LogP contribution is -2.39. The van der Waals surface area contributed by atoms with E-state index in [2.05, 4.69) is 4.74 Å². The average Bonchev–Trinajstić information content (AvgIpc) is 2.45. The number of halogens is 4. The molecule has 0 spiro atoms. The van der Waals surface area contributed by atoms with Gasteiger partial charge in [-0.2, -0.15) is 13.2 Å². The Labute approximate surface area is 122 Å². The topological polar surface area (TPSA) is 75.6 Å². The van der Waals surface area contributed by atoms with Crippen molar-refractivity contribution in [3.05, 3.63) is 35.4 Å². The van der Waals surface area contributed by atoms with Gasteiger partial charge in [-0.15, -0.1) is 0 Å². The van der Waals surface area contributed by atoms with E-state index in [1.807, 2.05) is 5.32 Å². The van der Waals surface area contributed by atoms with Crippen molar-refractivity contribution in [1.82, 2.24) is 5.32 Å². The Bertz CT molecular complexity index is 530. The minimum absolute atomic E-state index is 0.269. The second-order valence-electron chi connectivity index (χ2n) is 4.29. The van der Waals surface area contributed by atoms with Gasteiger partial charge in [0.15, 0.2) is 6.10 Å². The van der Waals surface area contributed by atoms with Crippen molar-refractivity contribution >= 4 is 11.9 Å². The SMILES string of the molecule is COC(CNC(=O)C(F)c1ccc(C(F)(F)F)cc1)C(=O)O. The van der Waals surface area contributed by atoms with Crippen LogP contribution in [-0.2, 0) is 20.5 Å². The van der Waals surface area contributed by atoms with Crippen molar-refractivity contribution in [2.75, 3.05) is 13.7 Å². The highest BCUT2D eigenvalue weighted by atomic mass is 19.4. The molecule has 9 heteroatoms. The minimum Gasteiger partial charge on any atom is -0.479 e. The Morgan fingerprint density at radius 3 is 2.23 bits per heavy atom. The van der Waals surface area contributed by atoms with Crippen molar-refractivity contribution in [3.63, 3.8) is 0 Å². The molecule has 5 nitrogen and oxygen atoms in total. The predicted molar refractivity (Wildman–Crippen MR) is 66.7 cm³/mol. The molecular weight excluding hydrogens is 310 g/mol. The highest BCUT2D eigenvalue weighted by Gasteiger charge is 2.31. The predicted octanol–water partition coefficient (Wildman–Crippen LogP) is 1.93. The monoisotopic (exact) mass is 323 g/mol. The average molecular weight is 323 g/mol. The van der Waals surface area contributed by atoms with Crippen LogP contribution in [-0.4, -0.2) is 36.7 Å². The molecule has 0 aliphatic rings. The summed E-state index contributed by atoms with van der Waals surface area (Å²) >= 11 is 0. The Morgan fingerprint density at radius 2 is 1.82 bits per heavy atom. The number of benzene rings is 1. The van der Waals surface area contributed by atoms with Crippen molar-refractivity contribution in [3.8, 4) is 0 Å². The molecule has 1 aromatic carbocycles. The molecule has 0 aliphatic heterocycles. The molecule has 0 saturated heterocycles. The van der Waals surface area contributed by atoms with Gasteiger partial charge in [-0.1, -0.05) is 12.1 Å². The third-order valence-electron chi connectivity index (χ3n) is 2.78. The van der Waals surface area contributed by atoms with Gasteiger partial charge in [-0.25, -0.2) is 9.18 Å². The number of carbonyl (C=O) groups excluding carboxylic acids is 1. The molecule has 0 saturated carbocycles. The molecule has 22 heavy (non-hydrogen) atoms. The first-order valence-corrected chi connectivity index (χ1v) is 6.01. The normalized spacial score (nSPS) is 14.2. The van der Waals surface area contributed by atoms with Crippen LogP contribution in [0.1, 0.15) is 17.3 Å². The summed E-state index contributed by atoms with van der Waals surface area (Å²) in [5.74, 6) is -2.50. The molecule has 0 heterocycles. The lowest BCUT2D eigenvalue weighted by Gasteiger charge is -2.14. The molecule has 1 rings (SSSR count). The fourth-order valence-corrected chi connectivity index (χ4v) is 1.55. The Hall–Kier alpha value is -2.16. The van der Waals surface area contributed by atoms with Crippen LogP contribution in [0.4, 0.5) is 17.6 Å². The third-order valence-corrected chi connectivity index (χ3v) is 2.78. The largest absolute Gasteiger partial charge is 0.479 e. The van der Waals surface area contributed by atoms with E-state index < -0.39 is 42.4 Å². The number of methoxy groups -OCH3 is 1. The van der Waals surface area contributed by atoms with Crippen LogP contribution in [0.3, 0.4) is 0 Å². The van der Waals surface area contributed by atoms with Crippen LogP contribution >= 0.6 is 0 Å². The molecule has 1 aromatic rings. The summed E-state index contributed by atoms with van der Waals surface area (Å²) in [4.78, 5) is 22.1. The number of hydrogen-bond acceptors (Lipinski definition) is 3. The lowest BCUT2D eigenvalue weighted by atomic mass is 10.1. The molecule has 2 N–H and O–H groups in total. The summed E-state index contributed by atoms with van der Waals surface area (Å²) in [6.45, 7) is -0.467. The number of alkyl halides is 4. The number of hydrogen-bond donors (Lipinski definition) is 2. The highest BCUT2D eigenvalue weighted by molar-refractivity contribution is 5.83. The van der Waals surface area contributed by atoms with Crippen LogP contribution < -0.4 is 5.32 Å². The molecule has 0 fully saturated rings. The fraction of sp³-hybridized carbons (Fsp3) is 0.385. The van der Waals surface area contributed by atoms with Gasteiger partial charge in [0.2, 0.25) is 6.17 Å². The summed E-state index contributed by atoms with van der Waals surface area (Å²) in [6.07, 6.45) is -8.11. The number of amides is 1. The van der Waals surface area contributed by atoms with Crippen molar-refractivity contribution in [1.29, 1.82) is 0 Å². The van der Waals surface area contributed by atoms with Crippen molar-refractivity contribution < 1.29 is 37.0 Å². The zero-order valence-electron chi connectivity index (χ0n) is 11.4. The van der Waals surface area contributed by atoms with Gasteiger partial charge in [-0.05, 0) is 17.7 Å². The maximum atomic E-state index is 13.8. The van der Waals surface area contributed by atoms with Gasteiger partial charge in [0.25, 0.3) is 5.91 Å². The first kappa shape index (κ1) is 17.9. The molecule has 0 radical (unpaired) electrons. The maximum absolute atomic E-state index is 13.8. The van der Waals surface area contributed by atoms with Gasteiger partial charge in [0, 0.05) is 7.11 Å². The number of rotatable bonds is 6. The highest BCUT2D eigenvalue weighted by Crippen LogP contribution is 2.30. The van der Waals surface area contributed by atoms with E-state index in [0.29, 0.717) is 12.1 Å². The Morgan fingerprint density at radius 1 is 1.27 bits per heavy atom. The van der Waals surface area contributed by atoms with Crippen molar-refractivity contribution in [2.45, 2.75) is 18.5 Å². The van der Waals surface area contributed by atoms with Gasteiger partial charge >= 0.3 is 12.1 Å². The zero-order valence-corrected chi connectivity index (χ0v) is 11.4. The molecule has 1 amide bonds. The van der Waals surface area contributed by atoms with Gasteiger partial charge in [0.05, 0.1) is 12.1 Å². The molecule has 2 unspecified atom stereocenters. The van der Waals surface area contributed by atoms with E-state index in [9.17, 15) is 27.2 Å². The zero-order chi connectivity index (χ0) is 16.9. The number of nitrogens with one attached hydrogen (secondary N) is 1. The fourth-order valence-electron chi connectivity index (χ4n) is 1.55. The van der Waals surface area contributed by atoms with Crippen molar-refractivity contribution in [2.24, 2.45) is 0 Å². The van der Waals surface area contributed by atoms with Crippen LogP contribution in [0.15, 0.2) is 24.3 Å². The first-order chi connectivity index (χ1) is 10.2. The van der Waals surface area contributed by atoms with E-state index in [0.717, 1.165) is 19.2 Å². The van der Waals surface area contributed by atoms with E-state index >= 15 is 0 Å². The Balaban J connectivity index is 2.69. The van der Waals surface area contributed by atoms with E-state index in [-0.39, 0.29) is 5.56 Å². The summed E-state index contributed by atoms with van der Waals surface area (Å²) in [7, 11) is 1.10. The molecule has 0 aliphatic carbocycles. The quantitative estimate of drug-likeness (QED) is 0.785. The smallest absolute Gasteiger partial charge is 0.416 e. The molecule has 122 valence electrons. The molecular formula is C13H13F4NO4. The number of aliphatic carboxylic acids is 1. The molecule has 0 aromatic heterocycles. The summed E-state index contributed by atoms with van der Waals surface area (Å²) in [5, 5.41) is 10.7. The van der Waals surface area contributed by atoms with Crippen LogP contribution in [0.2, 0.25) is 0 Å². The van der Waals surface area contributed by atoms with E-state index in [1.165, 1.54) is 0 Å². The number of ether oxygens (including phenoxy) is 1. The first-order valence-electron chi connectivity index (χ1n) is 6.01. The van der Waals surface area contributed by atoms with Gasteiger partial charge in [-0.3, -0.25) is 4.79 Å². The second kappa shape index (κ2) is 7.21. The van der Waals surface area contributed by atoms with Gasteiger partial charge in [0.1, 0.15) is 0 Å². The van der Waals surface area contributed by atoms with Crippen LogP contribution in [0, 0.1) is 0 Å². The third kappa shape index (κ3) is 4.69.